The van der Waals surface area contributed by atoms with Gasteiger partial charge < -0.3 is 14.5 Å². The van der Waals surface area contributed by atoms with Gasteiger partial charge in [-0.25, -0.2) is 12.8 Å². The van der Waals surface area contributed by atoms with Crippen LogP contribution in [0.2, 0.25) is 0 Å². The van der Waals surface area contributed by atoms with Gasteiger partial charge in [0.15, 0.2) is 0 Å². The molecular formula is C23H26FN3O4S. The Bertz CT molecular complexity index is 1060. The van der Waals surface area contributed by atoms with Gasteiger partial charge in [0.1, 0.15) is 5.82 Å². The van der Waals surface area contributed by atoms with Crippen LogP contribution in [0.1, 0.15) is 5.56 Å². The van der Waals surface area contributed by atoms with E-state index in [2.05, 4.69) is 4.90 Å². The Morgan fingerprint density at radius 1 is 0.875 bits per heavy atom. The Hall–Kier alpha value is -2.75. The maximum Gasteiger partial charge on any atom is 0.246 e. The Kier molecular flexibility index (Phi) is 6.88. The lowest BCUT2D eigenvalue weighted by molar-refractivity contribution is -0.126. The van der Waals surface area contributed by atoms with E-state index in [4.69, 9.17) is 4.74 Å². The van der Waals surface area contributed by atoms with Gasteiger partial charge in [0, 0.05) is 51.0 Å². The third-order valence-electron chi connectivity index (χ3n) is 5.69. The molecule has 0 aromatic heterocycles. The number of carbonyl (C=O) groups is 1. The number of amides is 1. The van der Waals surface area contributed by atoms with Gasteiger partial charge in [0.2, 0.25) is 15.9 Å². The van der Waals surface area contributed by atoms with Crippen LogP contribution in [0.4, 0.5) is 10.1 Å². The summed E-state index contributed by atoms with van der Waals surface area (Å²) in [5, 5.41) is 0. The smallest absolute Gasteiger partial charge is 0.246 e. The van der Waals surface area contributed by atoms with Crippen molar-refractivity contribution in [2.45, 2.75) is 4.90 Å². The van der Waals surface area contributed by atoms with Crippen LogP contribution in [0.25, 0.3) is 6.08 Å². The van der Waals surface area contributed by atoms with Crippen LogP contribution in [-0.4, -0.2) is 76.0 Å². The molecule has 7 nitrogen and oxygen atoms in total. The van der Waals surface area contributed by atoms with E-state index in [0.29, 0.717) is 52.5 Å². The fourth-order valence-electron chi connectivity index (χ4n) is 3.80. The molecular weight excluding hydrogens is 433 g/mol. The molecule has 0 unspecified atom stereocenters. The van der Waals surface area contributed by atoms with Gasteiger partial charge in [-0.3, -0.25) is 4.79 Å². The minimum Gasteiger partial charge on any atom is -0.379 e. The SMILES string of the molecule is O=C(/C=C/c1ccc(S(=O)(=O)N2CCOCC2)cc1)N1CCN(c2ccc(F)cc2)CC1. The molecule has 0 spiro atoms. The predicted molar refractivity (Wildman–Crippen MR) is 120 cm³/mol. The Morgan fingerprint density at radius 3 is 2.12 bits per heavy atom. The molecule has 0 radical (unpaired) electrons. The second kappa shape index (κ2) is 9.81. The molecule has 0 atom stereocenters. The third kappa shape index (κ3) is 5.17. The quantitative estimate of drug-likeness (QED) is 0.642. The largest absolute Gasteiger partial charge is 0.379 e. The van der Waals surface area contributed by atoms with Crippen LogP contribution in [0.5, 0.6) is 0 Å². The molecule has 2 aromatic rings. The zero-order valence-corrected chi connectivity index (χ0v) is 18.5. The maximum absolute atomic E-state index is 13.1. The van der Waals surface area contributed by atoms with Crippen LogP contribution < -0.4 is 4.90 Å². The van der Waals surface area contributed by atoms with Crippen molar-refractivity contribution >= 4 is 27.7 Å². The van der Waals surface area contributed by atoms with Gasteiger partial charge in [0.25, 0.3) is 0 Å². The van der Waals surface area contributed by atoms with Crippen molar-refractivity contribution in [1.29, 1.82) is 0 Å². The molecule has 2 aliphatic heterocycles. The first kappa shape index (κ1) is 22.4. The van der Waals surface area contributed by atoms with Crippen molar-refractivity contribution in [2.75, 3.05) is 57.4 Å². The lowest BCUT2D eigenvalue weighted by Gasteiger charge is -2.35. The number of benzene rings is 2. The molecule has 2 saturated heterocycles. The summed E-state index contributed by atoms with van der Waals surface area (Å²) in [5.41, 5.74) is 1.70. The molecule has 4 rings (SSSR count). The highest BCUT2D eigenvalue weighted by Gasteiger charge is 2.26. The Morgan fingerprint density at radius 2 is 1.50 bits per heavy atom. The number of piperazine rings is 1. The highest BCUT2D eigenvalue weighted by atomic mass is 32.2. The first-order valence-corrected chi connectivity index (χ1v) is 12.0. The molecule has 2 aliphatic rings. The van der Waals surface area contributed by atoms with Crippen LogP contribution >= 0.6 is 0 Å². The number of ether oxygens (including phenoxy) is 1. The van der Waals surface area contributed by atoms with Gasteiger partial charge in [-0.1, -0.05) is 12.1 Å². The van der Waals surface area contributed by atoms with Crippen molar-refractivity contribution in [3.63, 3.8) is 0 Å². The van der Waals surface area contributed by atoms with Gasteiger partial charge in [0.05, 0.1) is 18.1 Å². The normalized spacial score (nSPS) is 18.3. The van der Waals surface area contributed by atoms with E-state index >= 15 is 0 Å². The summed E-state index contributed by atoms with van der Waals surface area (Å²) in [6, 6.07) is 12.9. The van der Waals surface area contributed by atoms with Crippen LogP contribution in [0, 0.1) is 5.82 Å². The lowest BCUT2D eigenvalue weighted by Crippen LogP contribution is -2.48. The van der Waals surface area contributed by atoms with Gasteiger partial charge >= 0.3 is 0 Å². The second-order valence-corrected chi connectivity index (χ2v) is 9.65. The first-order valence-electron chi connectivity index (χ1n) is 10.6. The predicted octanol–water partition coefficient (Wildman–Crippen LogP) is 2.21. The molecule has 0 N–H and O–H groups in total. The molecule has 2 fully saturated rings. The third-order valence-corrected chi connectivity index (χ3v) is 7.60. The fraction of sp³-hybridized carbons (Fsp3) is 0.348. The standard InChI is InChI=1S/C23H26FN3O4S/c24-20-4-6-21(7-5-20)25-11-13-26(14-12-25)23(28)10-3-19-1-8-22(9-2-19)32(29,30)27-15-17-31-18-16-27/h1-10H,11-18H2/b10-3+. The van der Waals surface area contributed by atoms with E-state index in [1.807, 2.05) is 0 Å². The van der Waals surface area contributed by atoms with E-state index in [0.717, 1.165) is 11.3 Å². The summed E-state index contributed by atoms with van der Waals surface area (Å²) in [5.74, 6) is -0.354. The number of hydrogen-bond acceptors (Lipinski definition) is 5. The van der Waals surface area contributed by atoms with Gasteiger partial charge in [-0.2, -0.15) is 4.31 Å². The molecule has 2 aromatic carbocycles. The fourth-order valence-corrected chi connectivity index (χ4v) is 5.20. The zero-order chi connectivity index (χ0) is 22.6. The summed E-state index contributed by atoms with van der Waals surface area (Å²) in [6.07, 6.45) is 3.21. The number of hydrogen-bond donors (Lipinski definition) is 0. The minimum atomic E-state index is -3.53. The molecule has 0 aliphatic carbocycles. The molecule has 9 heteroatoms. The molecule has 2 heterocycles. The molecule has 32 heavy (non-hydrogen) atoms. The molecule has 0 bridgehead atoms. The van der Waals surface area contributed by atoms with E-state index in [-0.39, 0.29) is 16.6 Å². The molecule has 170 valence electrons. The van der Waals surface area contributed by atoms with E-state index in [1.54, 1.807) is 47.4 Å². The number of sulfonamides is 1. The van der Waals surface area contributed by atoms with E-state index in [9.17, 15) is 17.6 Å². The second-order valence-electron chi connectivity index (χ2n) is 7.71. The number of nitrogens with zero attached hydrogens (tertiary/aromatic N) is 3. The van der Waals surface area contributed by atoms with Crippen molar-refractivity contribution in [3.8, 4) is 0 Å². The van der Waals surface area contributed by atoms with Gasteiger partial charge in [-0.05, 0) is 48.0 Å². The lowest BCUT2D eigenvalue weighted by atomic mass is 10.2. The van der Waals surface area contributed by atoms with Crippen molar-refractivity contribution < 1.29 is 22.3 Å². The maximum atomic E-state index is 13.1. The van der Waals surface area contributed by atoms with Crippen molar-refractivity contribution in [2.24, 2.45) is 0 Å². The van der Waals surface area contributed by atoms with E-state index < -0.39 is 10.0 Å². The Balaban J connectivity index is 1.32. The summed E-state index contributed by atoms with van der Waals surface area (Å²) < 4.78 is 45.1. The monoisotopic (exact) mass is 459 g/mol. The average molecular weight is 460 g/mol. The molecule has 1 amide bonds. The molecule has 0 saturated carbocycles. The number of carbonyl (C=O) groups excluding carboxylic acids is 1. The average Bonchev–Trinajstić information content (AvgIpc) is 2.84. The summed E-state index contributed by atoms with van der Waals surface area (Å²) >= 11 is 0. The van der Waals surface area contributed by atoms with Crippen LogP contribution in [-0.2, 0) is 19.6 Å². The summed E-state index contributed by atoms with van der Waals surface area (Å²) in [6.45, 7) is 4.04. The topological polar surface area (TPSA) is 70.2 Å². The van der Waals surface area contributed by atoms with Crippen molar-refractivity contribution in [1.82, 2.24) is 9.21 Å². The van der Waals surface area contributed by atoms with Gasteiger partial charge in [-0.15, -0.1) is 0 Å². The Labute approximate surface area is 187 Å². The zero-order valence-electron chi connectivity index (χ0n) is 17.7. The minimum absolute atomic E-state index is 0.0891. The summed E-state index contributed by atoms with van der Waals surface area (Å²) in [4.78, 5) is 16.7. The number of morpholine rings is 1. The highest BCUT2D eigenvalue weighted by molar-refractivity contribution is 7.89. The summed E-state index contributed by atoms with van der Waals surface area (Å²) in [7, 11) is -3.53. The van der Waals surface area contributed by atoms with Crippen LogP contribution in [0.3, 0.4) is 0 Å². The number of halogens is 1. The number of rotatable bonds is 5. The van der Waals surface area contributed by atoms with Crippen molar-refractivity contribution in [3.05, 3.63) is 66.0 Å². The highest BCUT2D eigenvalue weighted by Crippen LogP contribution is 2.19. The van der Waals surface area contributed by atoms with Crippen LogP contribution in [0.15, 0.2) is 59.5 Å². The number of anilines is 1. The van der Waals surface area contributed by atoms with E-state index in [1.165, 1.54) is 22.5 Å². The first-order chi connectivity index (χ1) is 15.4.